The van der Waals surface area contributed by atoms with Crippen molar-refractivity contribution in [2.75, 3.05) is 14.2 Å². The molecule has 2 aromatic rings. The van der Waals surface area contributed by atoms with E-state index >= 15 is 0 Å². The maximum atomic E-state index is 12.1. The summed E-state index contributed by atoms with van der Waals surface area (Å²) in [5.41, 5.74) is 2.42. The molecule has 5 nitrogen and oxygen atoms in total. The van der Waals surface area contributed by atoms with Crippen molar-refractivity contribution in [1.29, 1.82) is 5.26 Å². The number of hydrogen-bond donors (Lipinski definition) is 1. The first-order valence-electron chi connectivity index (χ1n) is 7.63. The lowest BCUT2D eigenvalue weighted by Crippen LogP contribution is -2.23. The van der Waals surface area contributed by atoms with Crippen LogP contribution >= 0.6 is 0 Å². The first-order chi connectivity index (χ1) is 11.7. The highest BCUT2D eigenvalue weighted by Crippen LogP contribution is 2.25. The minimum absolute atomic E-state index is 0.0535. The molecule has 1 N–H and O–H groups in total. The maximum absolute atomic E-state index is 12.1. The summed E-state index contributed by atoms with van der Waals surface area (Å²) in [5, 5.41) is 11.7. The number of methoxy groups -OCH3 is 2. The van der Waals surface area contributed by atoms with Gasteiger partial charge in [0, 0.05) is 13.0 Å². The fraction of sp³-hybridized carbons (Fsp3) is 0.263. The quantitative estimate of drug-likeness (QED) is 0.850. The highest BCUT2D eigenvalue weighted by atomic mass is 16.5. The van der Waals surface area contributed by atoms with E-state index in [2.05, 4.69) is 11.4 Å². The molecule has 2 rings (SSSR count). The zero-order valence-corrected chi connectivity index (χ0v) is 13.8. The molecule has 0 radical (unpaired) electrons. The van der Waals surface area contributed by atoms with Gasteiger partial charge in [0.25, 0.3) is 0 Å². The maximum Gasteiger partial charge on any atom is 0.220 e. The van der Waals surface area contributed by atoms with Crippen molar-refractivity contribution < 1.29 is 14.3 Å². The molecular formula is C19H20N2O3. The zero-order chi connectivity index (χ0) is 17.4. The van der Waals surface area contributed by atoms with Crippen LogP contribution in [0.4, 0.5) is 0 Å². The van der Waals surface area contributed by atoms with E-state index < -0.39 is 0 Å². The molecule has 0 saturated heterocycles. The predicted molar refractivity (Wildman–Crippen MR) is 90.9 cm³/mol. The Balaban J connectivity index is 1.90. The molecular weight excluding hydrogens is 304 g/mol. The van der Waals surface area contributed by atoms with Crippen LogP contribution in [0.25, 0.3) is 0 Å². The molecule has 0 fully saturated rings. The van der Waals surface area contributed by atoms with Gasteiger partial charge in [0.2, 0.25) is 5.91 Å². The molecule has 0 aliphatic heterocycles. The molecule has 0 heterocycles. The van der Waals surface area contributed by atoms with Gasteiger partial charge in [0.05, 0.1) is 25.9 Å². The fourth-order valence-corrected chi connectivity index (χ4v) is 2.37. The van der Waals surface area contributed by atoms with Gasteiger partial charge < -0.3 is 14.8 Å². The summed E-state index contributed by atoms with van der Waals surface area (Å²) in [7, 11) is 3.21. The van der Waals surface area contributed by atoms with Crippen LogP contribution in [0, 0.1) is 11.3 Å². The van der Waals surface area contributed by atoms with Gasteiger partial charge in [-0.15, -0.1) is 0 Å². The van der Waals surface area contributed by atoms with E-state index in [0.717, 1.165) is 22.6 Å². The standard InChI is InChI=1S/C19H20N2O3/c1-23-17-7-8-18(24-2)16(11-17)6-9-19(22)21-13-15-5-3-4-14(10-15)12-20/h3-5,7-8,10-11H,6,9,13H2,1-2H3,(H,21,22). The number of rotatable bonds is 7. The highest BCUT2D eigenvalue weighted by molar-refractivity contribution is 5.76. The zero-order valence-electron chi connectivity index (χ0n) is 13.8. The summed E-state index contributed by atoms with van der Waals surface area (Å²) in [6, 6.07) is 14.8. The number of ether oxygens (including phenoxy) is 2. The van der Waals surface area contributed by atoms with Gasteiger partial charge in [-0.3, -0.25) is 4.79 Å². The molecule has 124 valence electrons. The predicted octanol–water partition coefficient (Wildman–Crippen LogP) is 2.82. The summed E-state index contributed by atoms with van der Waals surface area (Å²) < 4.78 is 10.5. The lowest BCUT2D eigenvalue weighted by Gasteiger charge is -2.11. The molecule has 5 heteroatoms. The van der Waals surface area contributed by atoms with Gasteiger partial charge >= 0.3 is 0 Å². The van der Waals surface area contributed by atoms with Gasteiger partial charge in [-0.2, -0.15) is 5.26 Å². The molecule has 1 amide bonds. The van der Waals surface area contributed by atoms with Crippen molar-refractivity contribution in [3.05, 3.63) is 59.2 Å². The molecule has 0 aromatic heterocycles. The number of nitriles is 1. The number of nitrogens with one attached hydrogen (secondary N) is 1. The Morgan fingerprint density at radius 2 is 2.00 bits per heavy atom. The Bertz CT molecular complexity index is 751. The molecule has 24 heavy (non-hydrogen) atoms. The third-order valence-electron chi connectivity index (χ3n) is 3.65. The summed E-state index contributed by atoms with van der Waals surface area (Å²) in [6.45, 7) is 0.406. The van der Waals surface area contributed by atoms with Crippen LogP contribution in [0.2, 0.25) is 0 Å². The lowest BCUT2D eigenvalue weighted by molar-refractivity contribution is -0.121. The summed E-state index contributed by atoms with van der Waals surface area (Å²) in [6.07, 6.45) is 0.909. The summed E-state index contributed by atoms with van der Waals surface area (Å²) in [5.74, 6) is 1.42. The third kappa shape index (κ3) is 4.75. The summed E-state index contributed by atoms with van der Waals surface area (Å²) >= 11 is 0. The molecule has 0 spiro atoms. The van der Waals surface area contributed by atoms with Crippen LogP contribution in [0.5, 0.6) is 11.5 Å². The van der Waals surface area contributed by atoms with Crippen molar-refractivity contribution in [3.8, 4) is 17.6 Å². The van der Waals surface area contributed by atoms with Crippen LogP contribution in [-0.4, -0.2) is 20.1 Å². The number of amides is 1. The monoisotopic (exact) mass is 324 g/mol. The first-order valence-corrected chi connectivity index (χ1v) is 7.63. The van der Waals surface area contributed by atoms with E-state index in [0.29, 0.717) is 24.9 Å². The van der Waals surface area contributed by atoms with E-state index in [1.807, 2.05) is 24.3 Å². The van der Waals surface area contributed by atoms with Crippen molar-refractivity contribution in [2.24, 2.45) is 0 Å². The van der Waals surface area contributed by atoms with Crippen LogP contribution in [0.3, 0.4) is 0 Å². The molecule has 0 saturated carbocycles. The Morgan fingerprint density at radius 1 is 1.17 bits per heavy atom. The van der Waals surface area contributed by atoms with Gasteiger partial charge in [-0.05, 0) is 47.9 Å². The van der Waals surface area contributed by atoms with Gasteiger partial charge in [-0.1, -0.05) is 12.1 Å². The van der Waals surface area contributed by atoms with E-state index in [4.69, 9.17) is 14.7 Å². The number of hydrogen-bond acceptors (Lipinski definition) is 4. The lowest BCUT2D eigenvalue weighted by atomic mass is 10.1. The Kier molecular flexibility index (Phi) is 6.21. The smallest absolute Gasteiger partial charge is 0.220 e. The largest absolute Gasteiger partial charge is 0.497 e. The topological polar surface area (TPSA) is 71.3 Å². The second kappa shape index (κ2) is 8.59. The van der Waals surface area contributed by atoms with Crippen molar-refractivity contribution in [3.63, 3.8) is 0 Å². The first kappa shape index (κ1) is 17.4. The SMILES string of the molecule is COc1ccc(OC)c(CCC(=O)NCc2cccc(C#N)c2)c1. The van der Waals surface area contributed by atoms with Crippen LogP contribution in [-0.2, 0) is 17.8 Å². The molecule has 0 bridgehead atoms. The molecule has 0 unspecified atom stereocenters. The minimum Gasteiger partial charge on any atom is -0.497 e. The molecule has 0 aliphatic carbocycles. The number of carbonyl (C=O) groups excluding carboxylic acids is 1. The van der Waals surface area contributed by atoms with Crippen molar-refractivity contribution >= 4 is 5.91 Å². The Hall–Kier alpha value is -3.00. The highest BCUT2D eigenvalue weighted by Gasteiger charge is 2.08. The van der Waals surface area contributed by atoms with E-state index in [1.54, 1.807) is 32.4 Å². The average Bonchev–Trinajstić information content (AvgIpc) is 2.64. The Morgan fingerprint density at radius 3 is 2.71 bits per heavy atom. The normalized spacial score (nSPS) is 9.88. The molecule has 2 aromatic carbocycles. The number of benzene rings is 2. The van der Waals surface area contributed by atoms with E-state index in [-0.39, 0.29) is 5.91 Å². The van der Waals surface area contributed by atoms with E-state index in [1.165, 1.54) is 0 Å². The Labute approximate surface area is 141 Å². The average molecular weight is 324 g/mol. The van der Waals surface area contributed by atoms with Crippen molar-refractivity contribution in [1.82, 2.24) is 5.32 Å². The molecule has 0 aliphatic rings. The van der Waals surface area contributed by atoms with Crippen LogP contribution in [0.15, 0.2) is 42.5 Å². The third-order valence-corrected chi connectivity index (χ3v) is 3.65. The van der Waals surface area contributed by atoms with Gasteiger partial charge in [0.1, 0.15) is 11.5 Å². The number of nitrogens with zero attached hydrogens (tertiary/aromatic N) is 1. The van der Waals surface area contributed by atoms with E-state index in [9.17, 15) is 4.79 Å². The second-order valence-corrected chi connectivity index (χ2v) is 5.27. The second-order valence-electron chi connectivity index (χ2n) is 5.27. The number of carbonyl (C=O) groups is 1. The fourth-order valence-electron chi connectivity index (χ4n) is 2.37. The number of aryl methyl sites for hydroxylation is 1. The minimum atomic E-state index is -0.0535. The van der Waals surface area contributed by atoms with Gasteiger partial charge in [0.15, 0.2) is 0 Å². The van der Waals surface area contributed by atoms with Crippen LogP contribution < -0.4 is 14.8 Å². The van der Waals surface area contributed by atoms with Gasteiger partial charge in [-0.25, -0.2) is 0 Å². The summed E-state index contributed by atoms with van der Waals surface area (Å²) in [4.78, 5) is 12.1. The molecule has 0 atom stereocenters. The van der Waals surface area contributed by atoms with Crippen molar-refractivity contribution in [2.45, 2.75) is 19.4 Å². The van der Waals surface area contributed by atoms with Crippen LogP contribution in [0.1, 0.15) is 23.1 Å².